The van der Waals surface area contributed by atoms with E-state index in [9.17, 15) is 4.79 Å². The molecule has 0 aromatic heterocycles. The third-order valence-corrected chi connectivity index (χ3v) is 4.69. The molecular formula is C20H22N2O3. The minimum atomic E-state index is 0.00110. The van der Waals surface area contributed by atoms with Gasteiger partial charge in [-0.15, -0.1) is 0 Å². The van der Waals surface area contributed by atoms with E-state index in [0.717, 1.165) is 35.6 Å². The summed E-state index contributed by atoms with van der Waals surface area (Å²) in [5.74, 6) is 1.55. The number of likely N-dealkylation sites (N-methyl/N-ethyl adjacent to an activating group) is 1. The van der Waals surface area contributed by atoms with Gasteiger partial charge in [-0.2, -0.15) is 0 Å². The average molecular weight is 338 g/mol. The average Bonchev–Trinajstić information content (AvgIpc) is 3.22. The monoisotopic (exact) mass is 338 g/mol. The van der Waals surface area contributed by atoms with Crippen LogP contribution in [0.4, 0.5) is 5.69 Å². The lowest BCUT2D eigenvalue weighted by molar-refractivity contribution is -0.117. The quantitative estimate of drug-likeness (QED) is 0.911. The molecule has 0 spiro atoms. The maximum absolute atomic E-state index is 12.3. The van der Waals surface area contributed by atoms with Crippen LogP contribution in [-0.2, 0) is 24.2 Å². The fourth-order valence-electron chi connectivity index (χ4n) is 3.50. The predicted octanol–water partition coefficient (Wildman–Crippen LogP) is 2.97. The Balaban J connectivity index is 1.33. The first kappa shape index (κ1) is 16.0. The summed E-state index contributed by atoms with van der Waals surface area (Å²) >= 11 is 0. The molecule has 0 saturated carbocycles. The lowest BCUT2D eigenvalue weighted by atomic mass is 10.1. The first-order valence-corrected chi connectivity index (χ1v) is 8.66. The molecule has 5 nitrogen and oxygen atoms in total. The van der Waals surface area contributed by atoms with Gasteiger partial charge >= 0.3 is 0 Å². The molecule has 25 heavy (non-hydrogen) atoms. The largest absolute Gasteiger partial charge is 0.454 e. The maximum Gasteiger partial charge on any atom is 0.238 e. The Labute approximate surface area is 147 Å². The van der Waals surface area contributed by atoms with E-state index in [4.69, 9.17) is 9.47 Å². The third-order valence-electron chi connectivity index (χ3n) is 4.69. The number of aryl methyl sites for hydroxylation is 2. The number of hydrogen-bond donors (Lipinski definition) is 1. The molecule has 1 N–H and O–H groups in total. The zero-order valence-electron chi connectivity index (χ0n) is 14.4. The zero-order chi connectivity index (χ0) is 17.2. The second-order valence-corrected chi connectivity index (χ2v) is 6.75. The van der Waals surface area contributed by atoms with Gasteiger partial charge in [0.05, 0.1) is 6.54 Å². The topological polar surface area (TPSA) is 50.8 Å². The Morgan fingerprint density at radius 1 is 1.08 bits per heavy atom. The van der Waals surface area contributed by atoms with Crippen LogP contribution in [0.25, 0.3) is 0 Å². The van der Waals surface area contributed by atoms with E-state index < -0.39 is 0 Å². The lowest BCUT2D eigenvalue weighted by Crippen LogP contribution is -2.29. The number of carbonyl (C=O) groups is 1. The molecule has 1 aliphatic carbocycles. The standard InChI is InChI=1S/C20H22N2O3/c1-22(11-14-5-8-18-19(9-14)25-13-24-18)12-20(23)21-17-7-6-15-3-2-4-16(15)10-17/h5-10H,2-4,11-13H2,1H3,(H,21,23). The van der Waals surface area contributed by atoms with Crippen LogP contribution in [0.15, 0.2) is 36.4 Å². The molecule has 2 aromatic rings. The van der Waals surface area contributed by atoms with Gasteiger partial charge in [0.2, 0.25) is 12.7 Å². The molecule has 0 saturated heterocycles. The van der Waals surface area contributed by atoms with Crippen molar-refractivity contribution in [1.82, 2.24) is 4.90 Å². The first-order valence-electron chi connectivity index (χ1n) is 8.66. The van der Waals surface area contributed by atoms with Gasteiger partial charge in [0, 0.05) is 12.2 Å². The van der Waals surface area contributed by atoms with Gasteiger partial charge < -0.3 is 14.8 Å². The molecule has 0 unspecified atom stereocenters. The molecular weight excluding hydrogens is 316 g/mol. The van der Waals surface area contributed by atoms with Crippen LogP contribution in [0.1, 0.15) is 23.1 Å². The number of ether oxygens (including phenoxy) is 2. The molecule has 130 valence electrons. The van der Waals surface area contributed by atoms with Gasteiger partial charge in [-0.05, 0) is 67.3 Å². The molecule has 0 radical (unpaired) electrons. The molecule has 1 heterocycles. The van der Waals surface area contributed by atoms with Gasteiger partial charge in [0.1, 0.15) is 0 Å². The van der Waals surface area contributed by atoms with Crippen molar-refractivity contribution in [2.45, 2.75) is 25.8 Å². The summed E-state index contributed by atoms with van der Waals surface area (Å²) in [4.78, 5) is 14.3. The van der Waals surface area contributed by atoms with Gasteiger partial charge in [-0.3, -0.25) is 9.69 Å². The van der Waals surface area contributed by atoms with Crippen LogP contribution in [0.5, 0.6) is 11.5 Å². The van der Waals surface area contributed by atoms with E-state index >= 15 is 0 Å². The summed E-state index contributed by atoms with van der Waals surface area (Å²) in [7, 11) is 1.94. The highest BCUT2D eigenvalue weighted by Crippen LogP contribution is 2.32. The normalized spacial score (nSPS) is 14.6. The van der Waals surface area contributed by atoms with Crippen molar-refractivity contribution in [1.29, 1.82) is 0 Å². The number of amides is 1. The fraction of sp³-hybridized carbons (Fsp3) is 0.350. The van der Waals surface area contributed by atoms with Crippen LogP contribution < -0.4 is 14.8 Å². The van der Waals surface area contributed by atoms with Crippen LogP contribution in [0.2, 0.25) is 0 Å². The van der Waals surface area contributed by atoms with E-state index in [1.54, 1.807) is 0 Å². The second-order valence-electron chi connectivity index (χ2n) is 6.75. The van der Waals surface area contributed by atoms with E-state index in [-0.39, 0.29) is 12.7 Å². The summed E-state index contributed by atoms with van der Waals surface area (Å²) in [6.07, 6.45) is 3.48. The number of benzene rings is 2. The minimum absolute atomic E-state index is 0.00110. The molecule has 1 aliphatic heterocycles. The van der Waals surface area contributed by atoms with Crippen molar-refractivity contribution < 1.29 is 14.3 Å². The summed E-state index contributed by atoms with van der Waals surface area (Å²) in [5.41, 5.74) is 4.77. The lowest BCUT2D eigenvalue weighted by Gasteiger charge is -2.17. The Hall–Kier alpha value is -2.53. The number of anilines is 1. The van der Waals surface area contributed by atoms with E-state index in [1.807, 2.05) is 36.2 Å². The number of nitrogens with one attached hydrogen (secondary N) is 1. The van der Waals surface area contributed by atoms with Crippen LogP contribution in [0, 0.1) is 0 Å². The van der Waals surface area contributed by atoms with Crippen LogP contribution in [-0.4, -0.2) is 31.2 Å². The second kappa shape index (κ2) is 6.76. The molecule has 2 aromatic carbocycles. The van der Waals surface area contributed by atoms with E-state index in [2.05, 4.69) is 17.4 Å². The van der Waals surface area contributed by atoms with Crippen LogP contribution >= 0.6 is 0 Å². The highest BCUT2D eigenvalue weighted by molar-refractivity contribution is 5.92. The van der Waals surface area contributed by atoms with E-state index in [1.165, 1.54) is 17.5 Å². The van der Waals surface area contributed by atoms with E-state index in [0.29, 0.717) is 13.1 Å². The first-order chi connectivity index (χ1) is 12.2. The zero-order valence-corrected chi connectivity index (χ0v) is 14.4. The van der Waals surface area contributed by atoms with Crippen molar-refractivity contribution >= 4 is 11.6 Å². The third kappa shape index (κ3) is 3.61. The smallest absolute Gasteiger partial charge is 0.238 e. The van der Waals surface area contributed by atoms with Crippen molar-refractivity contribution in [3.8, 4) is 11.5 Å². The van der Waals surface area contributed by atoms with Gasteiger partial charge in [-0.1, -0.05) is 12.1 Å². The van der Waals surface area contributed by atoms with Crippen molar-refractivity contribution in [3.63, 3.8) is 0 Å². The molecule has 0 fully saturated rings. The molecule has 4 rings (SSSR count). The van der Waals surface area contributed by atoms with Gasteiger partial charge in [0.15, 0.2) is 11.5 Å². The SMILES string of the molecule is CN(CC(=O)Nc1ccc2c(c1)CCC2)Cc1ccc2c(c1)OCO2. The summed E-state index contributed by atoms with van der Waals surface area (Å²) in [6, 6.07) is 12.1. The maximum atomic E-state index is 12.3. The summed E-state index contributed by atoms with van der Waals surface area (Å²) in [5, 5.41) is 3.00. The molecule has 0 bridgehead atoms. The number of hydrogen-bond acceptors (Lipinski definition) is 4. The van der Waals surface area contributed by atoms with Crippen molar-refractivity contribution in [2.24, 2.45) is 0 Å². The summed E-state index contributed by atoms with van der Waals surface area (Å²) in [6.45, 7) is 1.29. The van der Waals surface area contributed by atoms with Gasteiger partial charge in [-0.25, -0.2) is 0 Å². The molecule has 2 aliphatic rings. The predicted molar refractivity (Wildman–Crippen MR) is 96.0 cm³/mol. The molecule has 5 heteroatoms. The molecule has 0 atom stereocenters. The molecule has 1 amide bonds. The Bertz CT molecular complexity index is 804. The highest BCUT2D eigenvalue weighted by Gasteiger charge is 2.15. The van der Waals surface area contributed by atoms with Crippen molar-refractivity contribution in [2.75, 3.05) is 25.7 Å². The number of rotatable bonds is 5. The Morgan fingerprint density at radius 2 is 1.92 bits per heavy atom. The van der Waals surface area contributed by atoms with Gasteiger partial charge in [0.25, 0.3) is 0 Å². The Morgan fingerprint density at radius 3 is 2.84 bits per heavy atom. The fourth-order valence-corrected chi connectivity index (χ4v) is 3.50. The summed E-state index contributed by atoms with van der Waals surface area (Å²) < 4.78 is 10.7. The van der Waals surface area contributed by atoms with Crippen molar-refractivity contribution in [3.05, 3.63) is 53.1 Å². The highest BCUT2D eigenvalue weighted by atomic mass is 16.7. The Kier molecular flexibility index (Phi) is 4.32. The van der Waals surface area contributed by atoms with Crippen LogP contribution in [0.3, 0.4) is 0 Å². The number of nitrogens with zero attached hydrogens (tertiary/aromatic N) is 1. The number of carbonyl (C=O) groups excluding carboxylic acids is 1. The minimum Gasteiger partial charge on any atom is -0.454 e. The number of fused-ring (bicyclic) bond motifs is 2.